The lowest BCUT2D eigenvalue weighted by Crippen LogP contribution is -2.53. The molecule has 1 atom stereocenters. The molecular formula is C13H28N2O. The van der Waals surface area contributed by atoms with Crippen LogP contribution >= 0.6 is 0 Å². The Morgan fingerprint density at radius 3 is 2.56 bits per heavy atom. The van der Waals surface area contributed by atoms with Crippen molar-refractivity contribution in [3.05, 3.63) is 0 Å². The minimum absolute atomic E-state index is 0.131. The molecule has 3 heteroatoms. The van der Waals surface area contributed by atoms with Gasteiger partial charge in [0.2, 0.25) is 0 Å². The zero-order valence-electron chi connectivity index (χ0n) is 11.2. The summed E-state index contributed by atoms with van der Waals surface area (Å²) >= 11 is 0. The number of hydrogen-bond donors (Lipinski definition) is 1. The molecule has 0 saturated heterocycles. The summed E-state index contributed by atoms with van der Waals surface area (Å²) in [6.45, 7) is 7.28. The van der Waals surface area contributed by atoms with Crippen molar-refractivity contribution in [2.24, 2.45) is 5.73 Å². The van der Waals surface area contributed by atoms with Crippen LogP contribution in [0.1, 0.15) is 46.0 Å². The summed E-state index contributed by atoms with van der Waals surface area (Å²) in [6, 6.07) is 0.789. The summed E-state index contributed by atoms with van der Waals surface area (Å²) in [5.41, 5.74) is 6.12. The second-order valence-electron chi connectivity index (χ2n) is 5.22. The fraction of sp³-hybridized carbons (Fsp3) is 1.00. The predicted molar refractivity (Wildman–Crippen MR) is 68.6 cm³/mol. The lowest BCUT2D eigenvalue weighted by Gasteiger charge is -2.41. The van der Waals surface area contributed by atoms with Gasteiger partial charge in [0.25, 0.3) is 0 Å². The average molecular weight is 228 g/mol. The highest BCUT2D eigenvalue weighted by Gasteiger charge is 2.39. The summed E-state index contributed by atoms with van der Waals surface area (Å²) in [6.07, 6.45) is 6.28. The molecule has 0 aliphatic heterocycles. The number of unbranched alkanes of at least 4 members (excludes halogenated alkanes) is 1. The van der Waals surface area contributed by atoms with E-state index in [-0.39, 0.29) is 5.54 Å². The van der Waals surface area contributed by atoms with Crippen LogP contribution < -0.4 is 5.73 Å². The Labute approximate surface area is 100 Å². The number of rotatable bonds is 9. The molecule has 0 heterocycles. The Bertz CT molecular complexity index is 194. The molecule has 0 aromatic heterocycles. The minimum atomic E-state index is 0.131. The highest BCUT2D eigenvalue weighted by atomic mass is 16.5. The maximum atomic E-state index is 5.99. The highest BCUT2D eigenvalue weighted by Crippen LogP contribution is 2.34. The van der Waals surface area contributed by atoms with Crippen molar-refractivity contribution in [3.63, 3.8) is 0 Å². The third-order valence-electron chi connectivity index (χ3n) is 3.72. The monoisotopic (exact) mass is 228 g/mol. The van der Waals surface area contributed by atoms with Crippen LogP contribution in [0.25, 0.3) is 0 Å². The zero-order chi connectivity index (χ0) is 12.0. The van der Waals surface area contributed by atoms with Gasteiger partial charge < -0.3 is 10.5 Å². The summed E-state index contributed by atoms with van der Waals surface area (Å²) in [5.74, 6) is 0. The first kappa shape index (κ1) is 13.9. The molecule has 96 valence electrons. The van der Waals surface area contributed by atoms with Crippen molar-refractivity contribution in [2.75, 3.05) is 26.8 Å². The molecule has 0 bridgehead atoms. The smallest absolute Gasteiger partial charge is 0.0480 e. The number of nitrogens with two attached hydrogens (primary N) is 1. The van der Waals surface area contributed by atoms with Gasteiger partial charge in [0.1, 0.15) is 0 Å². The Kier molecular flexibility index (Phi) is 5.73. The second-order valence-corrected chi connectivity index (χ2v) is 5.22. The van der Waals surface area contributed by atoms with Crippen LogP contribution in [0, 0.1) is 0 Å². The van der Waals surface area contributed by atoms with E-state index >= 15 is 0 Å². The van der Waals surface area contributed by atoms with E-state index in [4.69, 9.17) is 10.5 Å². The molecule has 1 aliphatic rings. The normalized spacial score (nSPS) is 20.1. The Morgan fingerprint density at radius 1 is 1.44 bits per heavy atom. The molecule has 2 N–H and O–H groups in total. The SMILES string of the molecule is CCCCN(C1CC1)C(C)(CN)CCOC. The molecule has 1 unspecified atom stereocenters. The van der Waals surface area contributed by atoms with Crippen LogP contribution in [0.15, 0.2) is 0 Å². The van der Waals surface area contributed by atoms with Gasteiger partial charge in [-0.15, -0.1) is 0 Å². The molecule has 0 radical (unpaired) electrons. The van der Waals surface area contributed by atoms with E-state index in [0.717, 1.165) is 25.6 Å². The van der Waals surface area contributed by atoms with Crippen LogP contribution in [-0.4, -0.2) is 43.3 Å². The molecule has 1 aliphatic carbocycles. The number of ether oxygens (including phenoxy) is 1. The standard InChI is InChI=1S/C13H28N2O/c1-4-5-9-15(12-6-7-12)13(2,11-14)8-10-16-3/h12H,4-11,14H2,1-3H3. The van der Waals surface area contributed by atoms with Gasteiger partial charge in [0.15, 0.2) is 0 Å². The lowest BCUT2D eigenvalue weighted by atomic mass is 9.95. The first-order chi connectivity index (χ1) is 7.68. The number of methoxy groups -OCH3 is 1. The molecule has 1 fully saturated rings. The third-order valence-corrected chi connectivity index (χ3v) is 3.72. The van der Waals surface area contributed by atoms with E-state index in [9.17, 15) is 0 Å². The topological polar surface area (TPSA) is 38.5 Å². The fourth-order valence-electron chi connectivity index (χ4n) is 2.29. The van der Waals surface area contributed by atoms with E-state index in [1.54, 1.807) is 7.11 Å². The minimum Gasteiger partial charge on any atom is -0.385 e. The Balaban J connectivity index is 2.55. The third kappa shape index (κ3) is 3.72. The van der Waals surface area contributed by atoms with Gasteiger partial charge in [-0.25, -0.2) is 0 Å². The molecule has 3 nitrogen and oxygen atoms in total. The molecule has 1 rings (SSSR count). The Morgan fingerprint density at radius 2 is 2.12 bits per heavy atom. The van der Waals surface area contributed by atoms with Gasteiger partial charge >= 0.3 is 0 Å². The fourth-order valence-corrected chi connectivity index (χ4v) is 2.29. The van der Waals surface area contributed by atoms with E-state index in [1.807, 2.05) is 0 Å². The summed E-state index contributed by atoms with van der Waals surface area (Å²) < 4.78 is 5.21. The van der Waals surface area contributed by atoms with Gasteiger partial charge in [0.05, 0.1) is 0 Å². The Hall–Kier alpha value is -0.120. The van der Waals surface area contributed by atoms with Crippen molar-refractivity contribution < 1.29 is 4.74 Å². The van der Waals surface area contributed by atoms with Crippen molar-refractivity contribution >= 4 is 0 Å². The van der Waals surface area contributed by atoms with Crippen molar-refractivity contribution in [1.82, 2.24) is 4.90 Å². The van der Waals surface area contributed by atoms with Crippen LogP contribution in [0.2, 0.25) is 0 Å². The molecule has 0 spiro atoms. The number of nitrogens with zero attached hydrogens (tertiary/aromatic N) is 1. The first-order valence-electron chi connectivity index (χ1n) is 6.63. The van der Waals surface area contributed by atoms with Gasteiger partial charge in [-0.2, -0.15) is 0 Å². The number of hydrogen-bond acceptors (Lipinski definition) is 3. The van der Waals surface area contributed by atoms with Crippen molar-refractivity contribution in [2.45, 2.75) is 57.5 Å². The molecule has 16 heavy (non-hydrogen) atoms. The molecule has 0 amide bonds. The van der Waals surface area contributed by atoms with Gasteiger partial charge in [0, 0.05) is 31.8 Å². The summed E-state index contributed by atoms with van der Waals surface area (Å²) in [5, 5.41) is 0. The molecular weight excluding hydrogens is 200 g/mol. The van der Waals surface area contributed by atoms with Crippen LogP contribution in [0.4, 0.5) is 0 Å². The molecule has 0 aromatic rings. The van der Waals surface area contributed by atoms with E-state index in [1.165, 1.54) is 32.2 Å². The maximum absolute atomic E-state index is 5.99. The first-order valence-corrected chi connectivity index (χ1v) is 6.63. The van der Waals surface area contributed by atoms with E-state index in [2.05, 4.69) is 18.7 Å². The van der Waals surface area contributed by atoms with Crippen LogP contribution in [0.5, 0.6) is 0 Å². The van der Waals surface area contributed by atoms with Crippen molar-refractivity contribution in [1.29, 1.82) is 0 Å². The second kappa shape index (κ2) is 6.58. The molecule has 0 aromatic carbocycles. The van der Waals surface area contributed by atoms with Gasteiger partial charge in [-0.05, 0) is 39.2 Å². The zero-order valence-corrected chi connectivity index (χ0v) is 11.2. The van der Waals surface area contributed by atoms with Gasteiger partial charge in [-0.3, -0.25) is 4.90 Å². The lowest BCUT2D eigenvalue weighted by molar-refractivity contribution is 0.0605. The predicted octanol–water partition coefficient (Wildman–Crippen LogP) is 2.00. The molecule has 1 saturated carbocycles. The highest BCUT2D eigenvalue weighted by molar-refractivity contribution is 4.96. The summed E-state index contributed by atoms with van der Waals surface area (Å²) in [7, 11) is 1.77. The van der Waals surface area contributed by atoms with E-state index < -0.39 is 0 Å². The maximum Gasteiger partial charge on any atom is 0.0480 e. The van der Waals surface area contributed by atoms with Gasteiger partial charge in [-0.1, -0.05) is 13.3 Å². The average Bonchev–Trinajstić information content (AvgIpc) is 3.11. The summed E-state index contributed by atoms with van der Waals surface area (Å²) in [4.78, 5) is 2.63. The van der Waals surface area contributed by atoms with Crippen LogP contribution in [-0.2, 0) is 4.74 Å². The quantitative estimate of drug-likeness (QED) is 0.656. The van der Waals surface area contributed by atoms with Crippen LogP contribution in [0.3, 0.4) is 0 Å². The van der Waals surface area contributed by atoms with Crippen molar-refractivity contribution in [3.8, 4) is 0 Å². The van der Waals surface area contributed by atoms with E-state index in [0.29, 0.717) is 0 Å². The largest absolute Gasteiger partial charge is 0.385 e.